The Bertz CT molecular complexity index is 585. The molecule has 0 aliphatic carbocycles. The fourth-order valence-corrected chi connectivity index (χ4v) is 1.42. The van der Waals surface area contributed by atoms with E-state index in [1.807, 2.05) is 5.32 Å². The van der Waals surface area contributed by atoms with Crippen LogP contribution < -0.4 is 20.7 Å². The van der Waals surface area contributed by atoms with Crippen LogP contribution >= 0.6 is 0 Å². The Morgan fingerprint density at radius 1 is 1.09 bits per heavy atom. The van der Waals surface area contributed by atoms with Gasteiger partial charge >= 0.3 is 12.0 Å². The van der Waals surface area contributed by atoms with Crippen LogP contribution in [0.2, 0.25) is 0 Å². The highest BCUT2D eigenvalue weighted by molar-refractivity contribution is 5.97. The molecule has 0 bridgehead atoms. The van der Waals surface area contributed by atoms with Gasteiger partial charge in [-0.2, -0.15) is 0 Å². The monoisotopic (exact) mass is 323 g/mol. The summed E-state index contributed by atoms with van der Waals surface area (Å²) in [6, 6.07) is 5.58. The molecule has 0 aliphatic heterocycles. The van der Waals surface area contributed by atoms with E-state index >= 15 is 0 Å². The number of nitrogens with one attached hydrogen (secondary N) is 3. The smallest absolute Gasteiger partial charge is 0.325 e. The summed E-state index contributed by atoms with van der Waals surface area (Å²) in [6.45, 7) is -1.03. The van der Waals surface area contributed by atoms with E-state index < -0.39 is 37.0 Å². The van der Waals surface area contributed by atoms with Gasteiger partial charge in [0.25, 0.3) is 11.8 Å². The molecule has 0 unspecified atom stereocenters. The van der Waals surface area contributed by atoms with Crippen molar-refractivity contribution in [1.82, 2.24) is 16.0 Å². The van der Waals surface area contributed by atoms with Gasteiger partial charge in [0.1, 0.15) is 12.3 Å². The summed E-state index contributed by atoms with van der Waals surface area (Å²) in [4.78, 5) is 45.2. The third-order valence-electron chi connectivity index (χ3n) is 2.59. The molecule has 1 aromatic carbocycles. The van der Waals surface area contributed by atoms with Crippen LogP contribution in [0.4, 0.5) is 4.79 Å². The Kier molecular flexibility index (Phi) is 7.05. The van der Waals surface area contributed by atoms with E-state index in [2.05, 4.69) is 15.4 Å². The SMILES string of the molecule is CNC(=O)NC(=O)COC(=O)CNC(=O)c1ccc(OC)cc1. The minimum atomic E-state index is -0.807. The summed E-state index contributed by atoms with van der Waals surface area (Å²) in [5.41, 5.74) is 0.343. The van der Waals surface area contributed by atoms with Crippen LogP contribution in [0.1, 0.15) is 10.4 Å². The maximum absolute atomic E-state index is 11.8. The Balaban J connectivity index is 2.33. The first-order valence-electron chi connectivity index (χ1n) is 6.55. The number of methoxy groups -OCH3 is 1. The molecule has 0 saturated heterocycles. The number of benzene rings is 1. The Labute approximate surface area is 132 Å². The standard InChI is InChI=1S/C14H17N3O6/c1-15-14(21)17-11(18)8-23-12(19)7-16-13(20)9-3-5-10(22-2)6-4-9/h3-6H,7-8H2,1-2H3,(H,16,20)(H2,15,17,18,21). The zero-order valence-corrected chi connectivity index (χ0v) is 12.7. The van der Waals surface area contributed by atoms with Crippen LogP contribution in [0.25, 0.3) is 0 Å². The number of imide groups is 1. The number of carbonyl (C=O) groups excluding carboxylic acids is 4. The van der Waals surface area contributed by atoms with Crippen molar-refractivity contribution in [3.63, 3.8) is 0 Å². The molecule has 1 rings (SSSR count). The second-order valence-electron chi connectivity index (χ2n) is 4.20. The highest BCUT2D eigenvalue weighted by Gasteiger charge is 2.12. The first kappa shape index (κ1) is 18.0. The van der Waals surface area contributed by atoms with E-state index in [0.717, 1.165) is 0 Å². The van der Waals surface area contributed by atoms with Gasteiger partial charge in [0.2, 0.25) is 0 Å². The Hall–Kier alpha value is -3.10. The van der Waals surface area contributed by atoms with E-state index in [0.29, 0.717) is 11.3 Å². The minimum Gasteiger partial charge on any atom is -0.497 e. The van der Waals surface area contributed by atoms with Gasteiger partial charge in [0, 0.05) is 12.6 Å². The van der Waals surface area contributed by atoms with Crippen LogP contribution in [-0.4, -0.2) is 51.1 Å². The van der Waals surface area contributed by atoms with Gasteiger partial charge < -0.3 is 20.1 Å². The van der Waals surface area contributed by atoms with Gasteiger partial charge in [-0.05, 0) is 24.3 Å². The van der Waals surface area contributed by atoms with Gasteiger partial charge in [0.15, 0.2) is 6.61 Å². The van der Waals surface area contributed by atoms with E-state index in [4.69, 9.17) is 4.74 Å². The van der Waals surface area contributed by atoms with Crippen LogP contribution in [-0.2, 0) is 14.3 Å². The summed E-state index contributed by atoms with van der Waals surface area (Å²) in [7, 11) is 2.84. The summed E-state index contributed by atoms with van der Waals surface area (Å²) in [6.07, 6.45) is 0. The average Bonchev–Trinajstić information content (AvgIpc) is 2.57. The van der Waals surface area contributed by atoms with Gasteiger partial charge in [-0.15, -0.1) is 0 Å². The molecule has 124 valence electrons. The molecular weight excluding hydrogens is 306 g/mol. The first-order valence-corrected chi connectivity index (χ1v) is 6.55. The molecule has 1 aromatic rings. The van der Waals surface area contributed by atoms with E-state index in [1.54, 1.807) is 12.1 Å². The molecule has 0 spiro atoms. The molecule has 9 nitrogen and oxygen atoms in total. The molecule has 9 heteroatoms. The van der Waals surface area contributed by atoms with Crippen molar-refractivity contribution >= 4 is 23.8 Å². The van der Waals surface area contributed by atoms with Crippen molar-refractivity contribution in [1.29, 1.82) is 0 Å². The van der Waals surface area contributed by atoms with E-state index in [9.17, 15) is 19.2 Å². The molecule has 3 N–H and O–H groups in total. The van der Waals surface area contributed by atoms with Crippen LogP contribution in [0.15, 0.2) is 24.3 Å². The van der Waals surface area contributed by atoms with Gasteiger partial charge in [-0.25, -0.2) is 4.79 Å². The molecular formula is C14H17N3O6. The van der Waals surface area contributed by atoms with Crippen LogP contribution in [0.3, 0.4) is 0 Å². The van der Waals surface area contributed by atoms with Crippen molar-refractivity contribution in [2.45, 2.75) is 0 Å². The molecule has 0 radical (unpaired) electrons. The number of urea groups is 1. The number of hydrogen-bond donors (Lipinski definition) is 3. The number of carbonyl (C=O) groups is 4. The third kappa shape index (κ3) is 6.46. The lowest BCUT2D eigenvalue weighted by Gasteiger charge is -2.07. The lowest BCUT2D eigenvalue weighted by Crippen LogP contribution is -2.40. The maximum Gasteiger partial charge on any atom is 0.325 e. The van der Waals surface area contributed by atoms with E-state index in [1.165, 1.54) is 26.3 Å². The van der Waals surface area contributed by atoms with Gasteiger partial charge in [-0.1, -0.05) is 0 Å². The minimum absolute atomic E-state index is 0.343. The lowest BCUT2D eigenvalue weighted by molar-refractivity contribution is -0.147. The largest absolute Gasteiger partial charge is 0.497 e. The summed E-state index contributed by atoms with van der Waals surface area (Å²) < 4.78 is 9.57. The number of amides is 4. The molecule has 0 fully saturated rings. The second kappa shape index (κ2) is 9.03. The molecule has 23 heavy (non-hydrogen) atoms. The lowest BCUT2D eigenvalue weighted by atomic mass is 10.2. The van der Waals surface area contributed by atoms with Crippen molar-refractivity contribution in [2.24, 2.45) is 0 Å². The molecule has 0 saturated carbocycles. The summed E-state index contributed by atoms with van der Waals surface area (Å²) in [5, 5.41) is 6.44. The summed E-state index contributed by atoms with van der Waals surface area (Å²) >= 11 is 0. The average molecular weight is 323 g/mol. The number of hydrogen-bond acceptors (Lipinski definition) is 6. The fourth-order valence-electron chi connectivity index (χ4n) is 1.42. The number of rotatable bonds is 6. The normalized spacial score (nSPS) is 9.48. The molecule has 0 aromatic heterocycles. The molecule has 0 heterocycles. The topological polar surface area (TPSA) is 123 Å². The van der Waals surface area contributed by atoms with E-state index in [-0.39, 0.29) is 0 Å². The first-order chi connectivity index (χ1) is 11.0. The molecule has 0 aliphatic rings. The second-order valence-corrected chi connectivity index (χ2v) is 4.20. The van der Waals surface area contributed by atoms with Crippen molar-refractivity contribution in [3.8, 4) is 5.75 Å². The highest BCUT2D eigenvalue weighted by Crippen LogP contribution is 2.10. The number of ether oxygens (including phenoxy) is 2. The highest BCUT2D eigenvalue weighted by atomic mass is 16.5. The van der Waals surface area contributed by atoms with Gasteiger partial charge in [-0.3, -0.25) is 19.7 Å². The molecule has 4 amide bonds. The van der Waals surface area contributed by atoms with Crippen molar-refractivity contribution < 1.29 is 28.7 Å². The molecule has 0 atom stereocenters. The van der Waals surface area contributed by atoms with Gasteiger partial charge in [0.05, 0.1) is 7.11 Å². The predicted molar refractivity (Wildman–Crippen MR) is 78.9 cm³/mol. The zero-order chi connectivity index (χ0) is 17.2. The zero-order valence-electron chi connectivity index (χ0n) is 12.7. The Morgan fingerprint density at radius 3 is 2.30 bits per heavy atom. The van der Waals surface area contributed by atoms with Crippen molar-refractivity contribution in [2.75, 3.05) is 27.3 Å². The fraction of sp³-hybridized carbons (Fsp3) is 0.286. The Morgan fingerprint density at radius 2 is 1.74 bits per heavy atom. The predicted octanol–water partition coefficient (Wildman–Crippen LogP) is -0.576. The summed E-state index contributed by atoms with van der Waals surface area (Å²) in [5.74, 6) is -1.46. The number of esters is 1. The van der Waals surface area contributed by atoms with Crippen molar-refractivity contribution in [3.05, 3.63) is 29.8 Å². The van der Waals surface area contributed by atoms with Crippen LogP contribution in [0, 0.1) is 0 Å². The maximum atomic E-state index is 11.8. The quantitative estimate of drug-likeness (QED) is 0.602. The third-order valence-corrected chi connectivity index (χ3v) is 2.59. The van der Waals surface area contributed by atoms with Crippen LogP contribution in [0.5, 0.6) is 5.75 Å².